The van der Waals surface area contributed by atoms with Crippen LogP contribution >= 0.6 is 11.6 Å². The highest BCUT2D eigenvalue weighted by Crippen LogP contribution is 2.15. The number of hydrogen-bond acceptors (Lipinski definition) is 3. The lowest BCUT2D eigenvalue weighted by Gasteiger charge is -2.08. The highest BCUT2D eigenvalue weighted by molar-refractivity contribution is 6.30. The van der Waals surface area contributed by atoms with Crippen LogP contribution in [0, 0.1) is 0 Å². The Morgan fingerprint density at radius 1 is 1.19 bits per heavy atom. The first kappa shape index (κ1) is 17.9. The SMILES string of the molecule is CCCc1c(C=Cc2ccc(Cl)cc2)nc2ccc(C(=O)O)cn2c1=O. The summed E-state index contributed by atoms with van der Waals surface area (Å²) in [5.74, 6) is -1.08. The molecule has 132 valence electrons. The van der Waals surface area contributed by atoms with E-state index in [0.29, 0.717) is 28.3 Å². The van der Waals surface area contributed by atoms with Crippen molar-refractivity contribution < 1.29 is 9.90 Å². The molecule has 3 rings (SSSR count). The minimum atomic E-state index is -1.08. The number of carboxylic acids is 1. The maximum absolute atomic E-state index is 12.8. The number of benzene rings is 1. The van der Waals surface area contributed by atoms with E-state index >= 15 is 0 Å². The quantitative estimate of drug-likeness (QED) is 0.733. The standard InChI is InChI=1S/C20H17ClN2O3/c1-2-3-16-17(10-6-13-4-8-15(21)9-5-13)22-18-11-7-14(20(25)26)12-23(18)19(16)24/h4-12H,2-3H2,1H3,(H,25,26). The summed E-state index contributed by atoms with van der Waals surface area (Å²) in [5.41, 5.74) is 2.33. The topological polar surface area (TPSA) is 71.7 Å². The Morgan fingerprint density at radius 3 is 2.58 bits per heavy atom. The van der Waals surface area contributed by atoms with Gasteiger partial charge in [0.05, 0.1) is 11.3 Å². The lowest BCUT2D eigenvalue weighted by molar-refractivity contribution is 0.0696. The summed E-state index contributed by atoms with van der Waals surface area (Å²) in [5, 5.41) is 9.79. The van der Waals surface area contributed by atoms with Gasteiger partial charge >= 0.3 is 5.97 Å². The van der Waals surface area contributed by atoms with Crippen LogP contribution in [0.3, 0.4) is 0 Å². The molecule has 0 saturated carbocycles. The number of aromatic carboxylic acids is 1. The molecule has 5 nitrogen and oxygen atoms in total. The zero-order valence-electron chi connectivity index (χ0n) is 14.1. The van der Waals surface area contributed by atoms with Crippen molar-refractivity contribution in [2.75, 3.05) is 0 Å². The fraction of sp³-hybridized carbons (Fsp3) is 0.150. The van der Waals surface area contributed by atoms with Crippen molar-refractivity contribution in [2.45, 2.75) is 19.8 Å². The zero-order chi connectivity index (χ0) is 18.7. The van der Waals surface area contributed by atoms with Crippen LogP contribution in [-0.4, -0.2) is 20.5 Å². The highest BCUT2D eigenvalue weighted by Gasteiger charge is 2.12. The number of rotatable bonds is 5. The minimum Gasteiger partial charge on any atom is -0.478 e. The lowest BCUT2D eigenvalue weighted by Crippen LogP contribution is -2.22. The fourth-order valence-electron chi connectivity index (χ4n) is 2.69. The van der Waals surface area contributed by atoms with E-state index in [-0.39, 0.29) is 11.1 Å². The minimum absolute atomic E-state index is 0.0494. The van der Waals surface area contributed by atoms with Crippen LogP contribution in [0.1, 0.15) is 40.5 Å². The van der Waals surface area contributed by atoms with Crippen LogP contribution in [-0.2, 0) is 6.42 Å². The van der Waals surface area contributed by atoms with Gasteiger partial charge in [0, 0.05) is 16.8 Å². The van der Waals surface area contributed by atoms with Gasteiger partial charge in [0.2, 0.25) is 0 Å². The first-order valence-corrected chi connectivity index (χ1v) is 8.59. The van der Waals surface area contributed by atoms with E-state index in [0.717, 1.165) is 12.0 Å². The van der Waals surface area contributed by atoms with Gasteiger partial charge in [-0.1, -0.05) is 43.2 Å². The van der Waals surface area contributed by atoms with Crippen LogP contribution in [0.15, 0.2) is 47.4 Å². The monoisotopic (exact) mass is 368 g/mol. The summed E-state index contributed by atoms with van der Waals surface area (Å²) in [7, 11) is 0. The van der Waals surface area contributed by atoms with Crippen LogP contribution in [0.2, 0.25) is 5.02 Å². The molecule has 1 aromatic carbocycles. The summed E-state index contributed by atoms with van der Waals surface area (Å²) in [6, 6.07) is 10.3. The van der Waals surface area contributed by atoms with E-state index in [1.54, 1.807) is 24.3 Å². The average molecular weight is 369 g/mol. The van der Waals surface area contributed by atoms with Gasteiger partial charge in [0.25, 0.3) is 5.56 Å². The van der Waals surface area contributed by atoms with Gasteiger partial charge in [-0.15, -0.1) is 0 Å². The summed E-state index contributed by atoms with van der Waals surface area (Å²) in [6.07, 6.45) is 6.34. The van der Waals surface area contributed by atoms with Crippen molar-refractivity contribution in [1.82, 2.24) is 9.38 Å². The Hall–Kier alpha value is -2.92. The van der Waals surface area contributed by atoms with E-state index in [1.807, 2.05) is 25.1 Å². The molecule has 0 unspecified atom stereocenters. The maximum atomic E-state index is 12.8. The number of carboxylic acid groups (broad SMARTS) is 1. The molecule has 2 aromatic heterocycles. The molecule has 0 bridgehead atoms. The Morgan fingerprint density at radius 2 is 1.92 bits per heavy atom. The van der Waals surface area contributed by atoms with Gasteiger partial charge in [-0.05, 0) is 42.3 Å². The molecular weight excluding hydrogens is 352 g/mol. The van der Waals surface area contributed by atoms with Gasteiger partial charge in [-0.25, -0.2) is 9.78 Å². The van der Waals surface area contributed by atoms with Gasteiger partial charge < -0.3 is 5.11 Å². The molecule has 0 radical (unpaired) electrons. The van der Waals surface area contributed by atoms with Crippen molar-refractivity contribution in [3.8, 4) is 0 Å². The van der Waals surface area contributed by atoms with E-state index < -0.39 is 5.97 Å². The Labute approximate surface area is 155 Å². The van der Waals surface area contributed by atoms with Crippen LogP contribution in [0.4, 0.5) is 0 Å². The van der Waals surface area contributed by atoms with Crippen molar-refractivity contribution in [3.05, 3.63) is 80.4 Å². The van der Waals surface area contributed by atoms with E-state index in [4.69, 9.17) is 16.7 Å². The predicted octanol–water partition coefficient (Wildman–Crippen LogP) is 4.17. The van der Waals surface area contributed by atoms with Crippen molar-refractivity contribution in [1.29, 1.82) is 0 Å². The maximum Gasteiger partial charge on any atom is 0.337 e. The predicted molar refractivity (Wildman–Crippen MR) is 103 cm³/mol. The van der Waals surface area contributed by atoms with Crippen molar-refractivity contribution in [3.63, 3.8) is 0 Å². The molecule has 0 aliphatic heterocycles. The molecule has 1 N–H and O–H groups in total. The second kappa shape index (κ2) is 7.54. The molecule has 0 atom stereocenters. The van der Waals surface area contributed by atoms with Crippen molar-refractivity contribution >= 4 is 35.4 Å². The number of fused-ring (bicyclic) bond motifs is 1. The molecule has 0 spiro atoms. The second-order valence-electron chi connectivity index (χ2n) is 5.87. The zero-order valence-corrected chi connectivity index (χ0v) is 14.9. The average Bonchev–Trinajstić information content (AvgIpc) is 2.63. The van der Waals surface area contributed by atoms with Crippen LogP contribution in [0.25, 0.3) is 17.8 Å². The van der Waals surface area contributed by atoms with E-state index in [2.05, 4.69) is 4.98 Å². The van der Waals surface area contributed by atoms with Gasteiger partial charge in [-0.2, -0.15) is 0 Å². The molecule has 0 aliphatic carbocycles. The molecule has 0 amide bonds. The molecule has 2 heterocycles. The largest absolute Gasteiger partial charge is 0.478 e. The fourth-order valence-corrected chi connectivity index (χ4v) is 2.82. The molecule has 0 fully saturated rings. The lowest BCUT2D eigenvalue weighted by atomic mass is 10.1. The third-order valence-electron chi connectivity index (χ3n) is 4.00. The van der Waals surface area contributed by atoms with E-state index in [1.165, 1.54) is 16.7 Å². The number of aromatic nitrogens is 2. The smallest absolute Gasteiger partial charge is 0.337 e. The molecular formula is C20H17ClN2O3. The number of hydrogen-bond donors (Lipinski definition) is 1. The Bertz CT molecular complexity index is 1050. The first-order chi connectivity index (χ1) is 12.5. The number of nitrogens with zero attached hydrogens (tertiary/aromatic N) is 2. The third kappa shape index (κ3) is 3.68. The van der Waals surface area contributed by atoms with Crippen molar-refractivity contribution in [2.24, 2.45) is 0 Å². The highest BCUT2D eigenvalue weighted by atomic mass is 35.5. The third-order valence-corrected chi connectivity index (χ3v) is 4.25. The summed E-state index contributed by atoms with van der Waals surface area (Å²) >= 11 is 5.89. The van der Waals surface area contributed by atoms with E-state index in [9.17, 15) is 9.59 Å². The second-order valence-corrected chi connectivity index (χ2v) is 6.30. The Kier molecular flexibility index (Phi) is 5.19. The van der Waals surface area contributed by atoms with Crippen LogP contribution in [0.5, 0.6) is 0 Å². The molecule has 6 heteroatoms. The molecule has 26 heavy (non-hydrogen) atoms. The van der Waals surface area contributed by atoms with Gasteiger partial charge in [-0.3, -0.25) is 9.20 Å². The summed E-state index contributed by atoms with van der Waals surface area (Å²) in [4.78, 5) is 28.6. The summed E-state index contributed by atoms with van der Waals surface area (Å²) in [6.45, 7) is 1.98. The summed E-state index contributed by atoms with van der Waals surface area (Å²) < 4.78 is 1.30. The van der Waals surface area contributed by atoms with Gasteiger partial charge in [0.15, 0.2) is 0 Å². The first-order valence-electron chi connectivity index (χ1n) is 8.22. The normalized spacial score (nSPS) is 11.3. The Balaban J connectivity index is 2.13. The molecule has 3 aromatic rings. The van der Waals surface area contributed by atoms with Crippen LogP contribution < -0.4 is 5.56 Å². The molecule has 0 saturated heterocycles. The number of carbonyl (C=O) groups is 1. The molecule has 0 aliphatic rings. The van der Waals surface area contributed by atoms with Gasteiger partial charge in [0.1, 0.15) is 5.65 Å². The number of pyridine rings is 1. The number of halogens is 1.